The Kier molecular flexibility index (Phi) is 10.5. The molecule has 0 spiro atoms. The number of nitrogens with one attached hydrogen (secondary N) is 1. The van der Waals surface area contributed by atoms with E-state index in [1.165, 1.54) is 17.0 Å². The zero-order chi connectivity index (χ0) is 28.6. The van der Waals surface area contributed by atoms with E-state index in [9.17, 15) is 18.0 Å². The van der Waals surface area contributed by atoms with Crippen molar-refractivity contribution in [1.82, 2.24) is 10.2 Å². The molecular formula is C30H36ClN3O4S. The first-order valence-electron chi connectivity index (χ1n) is 13.0. The molecule has 1 N–H and O–H groups in total. The second-order valence-electron chi connectivity index (χ2n) is 9.85. The molecule has 3 aromatic rings. The summed E-state index contributed by atoms with van der Waals surface area (Å²) in [5.74, 6) is -0.552. The van der Waals surface area contributed by atoms with Crippen LogP contribution in [-0.2, 0) is 26.2 Å². The first-order valence-corrected chi connectivity index (χ1v) is 14.8. The van der Waals surface area contributed by atoms with Crippen molar-refractivity contribution in [1.29, 1.82) is 0 Å². The summed E-state index contributed by atoms with van der Waals surface area (Å²) in [5, 5.41) is 3.12. The standard InChI is InChI=1S/C30H36ClN3O4S/c1-5-27(30(36)32-19-22(2)3)33(20-24-13-11-12-23(4)18-24)29(35)21-34(28-17-10-9-16-26(28)31)39(37,38)25-14-7-6-8-15-25/h6-18,22,27H,5,19-21H2,1-4H3,(H,32,36)/t27-/m1/s1. The van der Waals surface area contributed by atoms with Gasteiger partial charge in [-0.3, -0.25) is 13.9 Å². The molecule has 0 saturated heterocycles. The Morgan fingerprint density at radius 2 is 1.62 bits per heavy atom. The van der Waals surface area contributed by atoms with Gasteiger partial charge in [0.1, 0.15) is 12.6 Å². The molecule has 3 aromatic carbocycles. The van der Waals surface area contributed by atoms with Crippen molar-refractivity contribution >= 4 is 39.1 Å². The monoisotopic (exact) mass is 569 g/mol. The van der Waals surface area contributed by atoms with Gasteiger partial charge in [-0.15, -0.1) is 0 Å². The van der Waals surface area contributed by atoms with Gasteiger partial charge < -0.3 is 10.2 Å². The van der Waals surface area contributed by atoms with Crippen LogP contribution < -0.4 is 9.62 Å². The topological polar surface area (TPSA) is 86.8 Å². The van der Waals surface area contributed by atoms with E-state index in [4.69, 9.17) is 11.6 Å². The number of para-hydroxylation sites is 1. The van der Waals surface area contributed by atoms with Gasteiger partial charge in [0.25, 0.3) is 10.0 Å². The van der Waals surface area contributed by atoms with Crippen LogP contribution in [0.2, 0.25) is 5.02 Å². The van der Waals surface area contributed by atoms with Crippen molar-refractivity contribution in [2.75, 3.05) is 17.4 Å². The Labute approximate surface area is 236 Å². The molecule has 0 bridgehead atoms. The van der Waals surface area contributed by atoms with E-state index in [0.29, 0.717) is 13.0 Å². The Morgan fingerprint density at radius 3 is 2.23 bits per heavy atom. The van der Waals surface area contributed by atoms with Gasteiger partial charge in [-0.05, 0) is 49.1 Å². The summed E-state index contributed by atoms with van der Waals surface area (Å²) in [5.41, 5.74) is 2.04. The van der Waals surface area contributed by atoms with Gasteiger partial charge in [-0.1, -0.05) is 92.5 Å². The number of hydrogen-bond acceptors (Lipinski definition) is 4. The molecule has 0 heterocycles. The van der Waals surface area contributed by atoms with Crippen LogP contribution in [0.4, 0.5) is 5.69 Å². The molecule has 1 atom stereocenters. The van der Waals surface area contributed by atoms with Gasteiger partial charge in [-0.2, -0.15) is 0 Å². The molecule has 0 aliphatic rings. The molecule has 0 fully saturated rings. The zero-order valence-corrected chi connectivity index (χ0v) is 24.4. The fraction of sp³-hybridized carbons (Fsp3) is 0.333. The van der Waals surface area contributed by atoms with E-state index < -0.39 is 28.5 Å². The minimum Gasteiger partial charge on any atom is -0.354 e. The van der Waals surface area contributed by atoms with Gasteiger partial charge in [0.2, 0.25) is 11.8 Å². The maximum atomic E-state index is 14.0. The SMILES string of the molecule is CC[C@H](C(=O)NCC(C)C)N(Cc1cccc(C)c1)C(=O)CN(c1ccccc1Cl)S(=O)(=O)c1ccccc1. The first kappa shape index (κ1) is 30.2. The average molecular weight is 570 g/mol. The number of sulfonamides is 1. The smallest absolute Gasteiger partial charge is 0.264 e. The van der Waals surface area contributed by atoms with Crippen LogP contribution >= 0.6 is 11.6 Å². The quantitative estimate of drug-likeness (QED) is 0.315. The average Bonchev–Trinajstić information content (AvgIpc) is 2.91. The van der Waals surface area contributed by atoms with Crippen LogP contribution in [0.5, 0.6) is 0 Å². The van der Waals surface area contributed by atoms with E-state index in [1.54, 1.807) is 42.5 Å². The highest BCUT2D eigenvalue weighted by Crippen LogP contribution is 2.30. The lowest BCUT2D eigenvalue weighted by molar-refractivity contribution is -0.140. The third kappa shape index (κ3) is 7.83. The predicted octanol–water partition coefficient (Wildman–Crippen LogP) is 5.42. The van der Waals surface area contributed by atoms with Gasteiger partial charge in [0.15, 0.2) is 0 Å². The number of nitrogens with zero attached hydrogens (tertiary/aromatic N) is 2. The normalized spacial score (nSPS) is 12.2. The summed E-state index contributed by atoms with van der Waals surface area (Å²) < 4.78 is 28.7. The number of carbonyl (C=O) groups is 2. The first-order chi connectivity index (χ1) is 18.5. The van der Waals surface area contributed by atoms with Crippen molar-refractivity contribution in [2.24, 2.45) is 5.92 Å². The predicted molar refractivity (Wildman–Crippen MR) is 156 cm³/mol. The molecule has 0 aromatic heterocycles. The maximum absolute atomic E-state index is 14.0. The summed E-state index contributed by atoms with van der Waals surface area (Å²) in [6, 6.07) is 21.3. The molecule has 2 amide bonds. The summed E-state index contributed by atoms with van der Waals surface area (Å²) in [6.45, 7) is 7.86. The number of rotatable bonds is 12. The van der Waals surface area contributed by atoms with E-state index in [-0.39, 0.29) is 34.0 Å². The minimum atomic E-state index is -4.16. The molecule has 0 radical (unpaired) electrons. The fourth-order valence-electron chi connectivity index (χ4n) is 4.24. The zero-order valence-electron chi connectivity index (χ0n) is 22.8. The lowest BCUT2D eigenvalue weighted by Crippen LogP contribution is -2.52. The highest BCUT2D eigenvalue weighted by molar-refractivity contribution is 7.92. The van der Waals surface area contributed by atoms with E-state index in [2.05, 4.69) is 5.32 Å². The summed E-state index contributed by atoms with van der Waals surface area (Å²) >= 11 is 6.44. The summed E-state index contributed by atoms with van der Waals surface area (Å²) in [7, 11) is -4.16. The van der Waals surface area contributed by atoms with Crippen LogP contribution in [0.15, 0.2) is 83.8 Å². The van der Waals surface area contributed by atoms with Crippen LogP contribution in [0.1, 0.15) is 38.3 Å². The van der Waals surface area contributed by atoms with E-state index >= 15 is 0 Å². The lowest BCUT2D eigenvalue weighted by Gasteiger charge is -2.33. The largest absolute Gasteiger partial charge is 0.354 e. The van der Waals surface area contributed by atoms with Crippen molar-refractivity contribution < 1.29 is 18.0 Å². The van der Waals surface area contributed by atoms with Gasteiger partial charge >= 0.3 is 0 Å². The van der Waals surface area contributed by atoms with Crippen molar-refractivity contribution in [3.63, 3.8) is 0 Å². The Morgan fingerprint density at radius 1 is 0.949 bits per heavy atom. The highest BCUT2D eigenvalue weighted by Gasteiger charge is 2.34. The van der Waals surface area contributed by atoms with Gasteiger partial charge in [-0.25, -0.2) is 8.42 Å². The van der Waals surface area contributed by atoms with Gasteiger partial charge in [0.05, 0.1) is 15.6 Å². The van der Waals surface area contributed by atoms with E-state index in [1.807, 2.05) is 52.0 Å². The molecule has 0 unspecified atom stereocenters. The number of benzene rings is 3. The van der Waals surface area contributed by atoms with Crippen molar-refractivity contribution in [3.8, 4) is 0 Å². The Hall–Kier alpha value is -3.36. The molecule has 7 nitrogen and oxygen atoms in total. The highest BCUT2D eigenvalue weighted by atomic mass is 35.5. The van der Waals surface area contributed by atoms with Crippen molar-refractivity contribution in [2.45, 2.75) is 51.6 Å². The van der Waals surface area contributed by atoms with Crippen LogP contribution in [0.3, 0.4) is 0 Å². The maximum Gasteiger partial charge on any atom is 0.264 e. The van der Waals surface area contributed by atoms with Crippen LogP contribution in [0.25, 0.3) is 0 Å². The van der Waals surface area contributed by atoms with Crippen LogP contribution in [-0.4, -0.2) is 44.3 Å². The molecule has 0 aliphatic carbocycles. The number of carbonyl (C=O) groups excluding carboxylic acids is 2. The fourth-order valence-corrected chi connectivity index (χ4v) is 5.98. The summed E-state index contributed by atoms with van der Waals surface area (Å²) in [4.78, 5) is 28.8. The number of anilines is 1. The minimum absolute atomic E-state index is 0.0321. The second kappa shape index (κ2) is 13.6. The van der Waals surface area contributed by atoms with Crippen LogP contribution in [0, 0.1) is 12.8 Å². The number of aryl methyl sites for hydroxylation is 1. The van der Waals surface area contributed by atoms with Crippen molar-refractivity contribution in [3.05, 3.63) is 95.0 Å². The molecule has 0 aliphatic heterocycles. The number of hydrogen-bond donors (Lipinski definition) is 1. The van der Waals surface area contributed by atoms with E-state index in [0.717, 1.165) is 15.4 Å². The molecular weight excluding hydrogens is 534 g/mol. The molecule has 3 rings (SSSR count). The third-order valence-electron chi connectivity index (χ3n) is 6.24. The molecule has 9 heteroatoms. The Balaban J connectivity index is 2.05. The number of amides is 2. The van der Waals surface area contributed by atoms with Gasteiger partial charge in [0, 0.05) is 13.1 Å². The lowest BCUT2D eigenvalue weighted by atomic mass is 10.1. The molecule has 39 heavy (non-hydrogen) atoms. The third-order valence-corrected chi connectivity index (χ3v) is 8.33. The Bertz CT molecular complexity index is 1380. The number of halogens is 1. The summed E-state index contributed by atoms with van der Waals surface area (Å²) in [6.07, 6.45) is 0.360. The molecule has 208 valence electrons. The second-order valence-corrected chi connectivity index (χ2v) is 12.1. The molecule has 0 saturated carbocycles.